The summed E-state index contributed by atoms with van der Waals surface area (Å²) in [7, 11) is 0. The van der Waals surface area contributed by atoms with E-state index >= 15 is 0 Å². The van der Waals surface area contributed by atoms with Crippen LogP contribution >= 0.6 is 0 Å². The maximum Gasteiger partial charge on any atom is 0.223 e. The summed E-state index contributed by atoms with van der Waals surface area (Å²) < 4.78 is 0. The fraction of sp³-hybridized carbons (Fsp3) is 0.538. The van der Waals surface area contributed by atoms with Crippen molar-refractivity contribution >= 4 is 5.91 Å². The van der Waals surface area contributed by atoms with Crippen LogP contribution in [0.2, 0.25) is 0 Å². The van der Waals surface area contributed by atoms with Crippen LogP contribution in [0.4, 0.5) is 0 Å². The van der Waals surface area contributed by atoms with Gasteiger partial charge < -0.3 is 10.0 Å². The first-order valence-electron chi connectivity index (χ1n) is 6.00. The third kappa shape index (κ3) is 3.03. The Morgan fingerprint density at radius 1 is 1.53 bits per heavy atom. The van der Waals surface area contributed by atoms with Gasteiger partial charge in [-0.3, -0.25) is 9.78 Å². The molecule has 2 rings (SSSR count). The van der Waals surface area contributed by atoms with Crippen LogP contribution in [-0.2, 0) is 11.2 Å². The molecule has 1 aromatic heterocycles. The zero-order valence-corrected chi connectivity index (χ0v) is 10.1. The number of aryl methyl sites for hydroxylation is 1. The quantitative estimate of drug-likeness (QED) is 0.837. The second-order valence-electron chi connectivity index (χ2n) is 4.61. The summed E-state index contributed by atoms with van der Waals surface area (Å²) in [5.74, 6) is 0.268. The third-order valence-electron chi connectivity index (χ3n) is 3.14. The summed E-state index contributed by atoms with van der Waals surface area (Å²) >= 11 is 0. The van der Waals surface area contributed by atoms with Crippen molar-refractivity contribution in [1.82, 2.24) is 9.88 Å². The molecule has 4 heteroatoms. The molecule has 0 aliphatic carbocycles. The number of carbonyl (C=O) groups excluding carboxylic acids is 1. The molecule has 4 nitrogen and oxygen atoms in total. The van der Waals surface area contributed by atoms with Crippen LogP contribution in [0.3, 0.4) is 0 Å². The van der Waals surface area contributed by atoms with Crippen molar-refractivity contribution in [2.75, 3.05) is 19.7 Å². The van der Waals surface area contributed by atoms with Gasteiger partial charge in [-0.05, 0) is 19.1 Å². The molecule has 1 saturated heterocycles. The molecule has 17 heavy (non-hydrogen) atoms. The summed E-state index contributed by atoms with van der Waals surface area (Å²) in [6.07, 6.45) is 1.27. The van der Waals surface area contributed by atoms with E-state index in [1.54, 1.807) is 0 Å². The molecule has 1 aliphatic heterocycles. The van der Waals surface area contributed by atoms with Crippen molar-refractivity contribution < 1.29 is 9.90 Å². The Labute approximate surface area is 101 Å². The lowest BCUT2D eigenvalue weighted by Gasteiger charge is -2.15. The van der Waals surface area contributed by atoms with Crippen LogP contribution in [0, 0.1) is 12.8 Å². The minimum Gasteiger partial charge on any atom is -0.396 e. The summed E-state index contributed by atoms with van der Waals surface area (Å²) in [4.78, 5) is 17.9. The lowest BCUT2D eigenvalue weighted by atomic mass is 10.1. The molecule has 1 atom stereocenters. The van der Waals surface area contributed by atoms with Crippen molar-refractivity contribution in [2.24, 2.45) is 5.92 Å². The highest BCUT2D eigenvalue weighted by atomic mass is 16.3. The molecule has 92 valence electrons. The molecule has 0 bridgehead atoms. The van der Waals surface area contributed by atoms with E-state index in [-0.39, 0.29) is 18.4 Å². The first-order chi connectivity index (χ1) is 8.19. The van der Waals surface area contributed by atoms with Crippen molar-refractivity contribution in [2.45, 2.75) is 19.8 Å². The molecular formula is C13H18N2O2. The van der Waals surface area contributed by atoms with E-state index in [0.29, 0.717) is 19.5 Å². The number of aliphatic hydroxyl groups excluding tert-OH is 1. The fourth-order valence-corrected chi connectivity index (χ4v) is 2.18. The highest BCUT2D eigenvalue weighted by Crippen LogP contribution is 2.17. The number of hydrogen-bond donors (Lipinski definition) is 1. The second-order valence-corrected chi connectivity index (χ2v) is 4.61. The molecule has 1 aromatic rings. The van der Waals surface area contributed by atoms with E-state index in [4.69, 9.17) is 5.11 Å². The van der Waals surface area contributed by atoms with Crippen molar-refractivity contribution in [3.05, 3.63) is 29.6 Å². The number of likely N-dealkylation sites (tertiary alicyclic amines) is 1. The van der Waals surface area contributed by atoms with Gasteiger partial charge >= 0.3 is 0 Å². The molecule has 2 heterocycles. The van der Waals surface area contributed by atoms with Gasteiger partial charge in [0.2, 0.25) is 5.91 Å². The first-order valence-corrected chi connectivity index (χ1v) is 6.00. The van der Waals surface area contributed by atoms with Gasteiger partial charge in [-0.25, -0.2) is 0 Å². The fourth-order valence-electron chi connectivity index (χ4n) is 2.18. The van der Waals surface area contributed by atoms with Gasteiger partial charge in [0.15, 0.2) is 0 Å². The minimum absolute atomic E-state index is 0.102. The number of aliphatic hydroxyl groups is 1. The summed E-state index contributed by atoms with van der Waals surface area (Å²) in [5.41, 5.74) is 2.02. The van der Waals surface area contributed by atoms with Gasteiger partial charge in [-0.2, -0.15) is 0 Å². The molecule has 1 aliphatic rings. The van der Waals surface area contributed by atoms with E-state index < -0.39 is 0 Å². The minimum atomic E-state index is 0.102. The average molecular weight is 234 g/mol. The van der Waals surface area contributed by atoms with Gasteiger partial charge in [-0.1, -0.05) is 6.07 Å². The van der Waals surface area contributed by atoms with Crippen molar-refractivity contribution in [3.63, 3.8) is 0 Å². The predicted octanol–water partition coefficient (Wildman–Crippen LogP) is 0.773. The van der Waals surface area contributed by atoms with E-state index in [9.17, 15) is 4.79 Å². The maximum atomic E-state index is 11.6. The number of pyridine rings is 1. The number of rotatable bonds is 4. The van der Waals surface area contributed by atoms with Crippen LogP contribution in [0.15, 0.2) is 18.2 Å². The Hall–Kier alpha value is -1.42. The molecule has 0 saturated carbocycles. The molecule has 1 amide bonds. The van der Waals surface area contributed by atoms with Crippen molar-refractivity contribution in [1.29, 1.82) is 0 Å². The van der Waals surface area contributed by atoms with Crippen LogP contribution in [0.25, 0.3) is 0 Å². The monoisotopic (exact) mass is 234 g/mol. The smallest absolute Gasteiger partial charge is 0.223 e. The molecule has 0 radical (unpaired) electrons. The molecular weight excluding hydrogens is 216 g/mol. The second kappa shape index (κ2) is 5.27. The lowest BCUT2D eigenvalue weighted by molar-refractivity contribution is -0.127. The van der Waals surface area contributed by atoms with Gasteiger partial charge in [-0.15, -0.1) is 0 Å². The number of carbonyl (C=O) groups is 1. The Kier molecular flexibility index (Phi) is 3.74. The summed E-state index contributed by atoms with van der Waals surface area (Å²) in [6.45, 7) is 3.45. The van der Waals surface area contributed by atoms with E-state index in [1.807, 2.05) is 30.0 Å². The Morgan fingerprint density at radius 3 is 3.00 bits per heavy atom. The molecule has 1 N–H and O–H groups in total. The zero-order chi connectivity index (χ0) is 12.3. The average Bonchev–Trinajstić information content (AvgIpc) is 2.68. The molecule has 0 spiro atoms. The standard InChI is InChI=1S/C13H18N2O2/c1-10-3-2-4-12(14-10)5-6-15-8-11(9-16)7-13(15)17/h2-4,11,16H,5-9H2,1H3. The SMILES string of the molecule is Cc1cccc(CCN2CC(CO)CC2=O)n1. The summed E-state index contributed by atoms with van der Waals surface area (Å²) in [6, 6.07) is 5.93. The molecule has 1 fully saturated rings. The van der Waals surface area contributed by atoms with Gasteiger partial charge in [0.05, 0.1) is 0 Å². The Morgan fingerprint density at radius 2 is 2.35 bits per heavy atom. The van der Waals surface area contributed by atoms with Crippen LogP contribution in [0.5, 0.6) is 0 Å². The van der Waals surface area contributed by atoms with Gasteiger partial charge in [0.25, 0.3) is 0 Å². The summed E-state index contributed by atoms with van der Waals surface area (Å²) in [5, 5.41) is 9.03. The largest absolute Gasteiger partial charge is 0.396 e. The number of nitrogens with zero attached hydrogens (tertiary/aromatic N) is 2. The third-order valence-corrected chi connectivity index (χ3v) is 3.14. The van der Waals surface area contributed by atoms with Crippen LogP contribution in [0.1, 0.15) is 17.8 Å². The topological polar surface area (TPSA) is 53.4 Å². The van der Waals surface area contributed by atoms with Crippen molar-refractivity contribution in [3.8, 4) is 0 Å². The highest BCUT2D eigenvalue weighted by molar-refractivity contribution is 5.78. The Balaban J connectivity index is 1.88. The lowest BCUT2D eigenvalue weighted by Crippen LogP contribution is -2.28. The Bertz CT molecular complexity index is 406. The molecule has 1 unspecified atom stereocenters. The maximum absolute atomic E-state index is 11.6. The van der Waals surface area contributed by atoms with E-state index in [1.165, 1.54) is 0 Å². The number of amides is 1. The normalized spacial score (nSPS) is 20.0. The van der Waals surface area contributed by atoms with Gasteiger partial charge in [0, 0.05) is 49.8 Å². The van der Waals surface area contributed by atoms with Crippen LogP contribution < -0.4 is 0 Å². The number of aromatic nitrogens is 1. The predicted molar refractivity (Wildman–Crippen MR) is 64.5 cm³/mol. The zero-order valence-electron chi connectivity index (χ0n) is 10.1. The van der Waals surface area contributed by atoms with E-state index in [0.717, 1.165) is 17.8 Å². The first kappa shape index (κ1) is 12.0. The highest BCUT2D eigenvalue weighted by Gasteiger charge is 2.28. The van der Waals surface area contributed by atoms with Crippen LogP contribution in [-0.4, -0.2) is 40.6 Å². The van der Waals surface area contributed by atoms with Gasteiger partial charge in [0.1, 0.15) is 0 Å². The number of hydrogen-bond acceptors (Lipinski definition) is 3. The molecule has 0 aromatic carbocycles. The van der Waals surface area contributed by atoms with E-state index in [2.05, 4.69) is 4.98 Å².